The van der Waals surface area contributed by atoms with Crippen LogP contribution in [0.3, 0.4) is 0 Å². The van der Waals surface area contributed by atoms with Gasteiger partial charge in [0.1, 0.15) is 12.4 Å². The van der Waals surface area contributed by atoms with Gasteiger partial charge in [-0.15, -0.1) is 0 Å². The fourth-order valence-electron chi connectivity index (χ4n) is 2.94. The Bertz CT molecular complexity index is 441. The van der Waals surface area contributed by atoms with Gasteiger partial charge in [0.2, 0.25) is 0 Å². The number of aromatic nitrogens is 2. The zero-order chi connectivity index (χ0) is 16.9. The summed E-state index contributed by atoms with van der Waals surface area (Å²) in [5.41, 5.74) is 0.994. The molecule has 0 aliphatic heterocycles. The van der Waals surface area contributed by atoms with E-state index in [1.165, 1.54) is 57.8 Å². The van der Waals surface area contributed by atoms with Crippen molar-refractivity contribution in [1.29, 1.82) is 0 Å². The van der Waals surface area contributed by atoms with Gasteiger partial charge in [0, 0.05) is 12.6 Å². The zero-order valence-electron chi connectivity index (χ0n) is 15.0. The minimum absolute atomic E-state index is 0.0279. The summed E-state index contributed by atoms with van der Waals surface area (Å²) in [6.07, 6.45) is 16.8. The van der Waals surface area contributed by atoms with Crippen LogP contribution in [0.1, 0.15) is 89.6 Å². The predicted octanol–water partition coefficient (Wildman–Crippen LogP) is 4.99. The second kappa shape index (κ2) is 12.1. The summed E-state index contributed by atoms with van der Waals surface area (Å²) in [4.78, 5) is 15.5. The lowest BCUT2D eigenvalue weighted by Gasteiger charge is -2.05. The zero-order valence-corrected chi connectivity index (χ0v) is 15.0. The number of nitrogens with zero attached hydrogens (tertiary/aromatic N) is 2. The number of aliphatic carboxylic acids is 1. The van der Waals surface area contributed by atoms with Gasteiger partial charge < -0.3 is 9.67 Å². The van der Waals surface area contributed by atoms with Crippen molar-refractivity contribution in [2.24, 2.45) is 0 Å². The van der Waals surface area contributed by atoms with Crippen LogP contribution in [0.2, 0.25) is 0 Å². The molecule has 132 valence electrons. The van der Waals surface area contributed by atoms with E-state index in [-0.39, 0.29) is 6.54 Å². The number of unbranched alkanes of at least 4 members (excludes halogenated alkanes) is 9. The maximum absolute atomic E-state index is 10.9. The van der Waals surface area contributed by atoms with Crippen LogP contribution in [-0.4, -0.2) is 20.6 Å². The predicted molar refractivity (Wildman–Crippen MR) is 94.8 cm³/mol. The van der Waals surface area contributed by atoms with Gasteiger partial charge in [0.05, 0.1) is 5.69 Å². The largest absolute Gasteiger partial charge is 0.480 e. The summed E-state index contributed by atoms with van der Waals surface area (Å²) in [5.74, 6) is 0.137. The molecule has 1 aromatic rings. The number of aryl methyl sites for hydroxylation is 2. The molecule has 1 aromatic heterocycles. The molecule has 0 saturated heterocycles. The number of hydrogen-bond donors (Lipinski definition) is 1. The van der Waals surface area contributed by atoms with Crippen molar-refractivity contribution >= 4 is 5.97 Å². The first kappa shape index (κ1) is 19.7. The maximum atomic E-state index is 10.9. The molecule has 1 rings (SSSR count). The van der Waals surface area contributed by atoms with Crippen LogP contribution in [0.5, 0.6) is 0 Å². The third-order valence-electron chi connectivity index (χ3n) is 4.33. The lowest BCUT2D eigenvalue weighted by Crippen LogP contribution is -2.11. The van der Waals surface area contributed by atoms with Crippen LogP contribution in [0.4, 0.5) is 0 Å². The van der Waals surface area contributed by atoms with E-state index in [1.54, 1.807) is 4.57 Å². The van der Waals surface area contributed by atoms with Crippen molar-refractivity contribution in [3.8, 4) is 0 Å². The highest BCUT2D eigenvalue weighted by Crippen LogP contribution is 2.13. The molecule has 0 bridgehead atoms. The summed E-state index contributed by atoms with van der Waals surface area (Å²) in [6, 6.07) is 0. The van der Waals surface area contributed by atoms with Gasteiger partial charge in [0.25, 0.3) is 0 Å². The minimum Gasteiger partial charge on any atom is -0.480 e. The molecule has 0 aliphatic carbocycles. The summed E-state index contributed by atoms with van der Waals surface area (Å²) in [7, 11) is 0. The Balaban J connectivity index is 2.15. The average Bonchev–Trinajstić information content (AvgIpc) is 2.90. The van der Waals surface area contributed by atoms with E-state index < -0.39 is 5.97 Å². The van der Waals surface area contributed by atoms with Crippen LogP contribution in [-0.2, 0) is 24.2 Å². The van der Waals surface area contributed by atoms with Gasteiger partial charge in [-0.1, -0.05) is 71.6 Å². The molecular formula is C19H34N2O2. The van der Waals surface area contributed by atoms with E-state index in [0.29, 0.717) is 0 Å². The van der Waals surface area contributed by atoms with Crippen molar-refractivity contribution in [3.63, 3.8) is 0 Å². The Kier molecular flexibility index (Phi) is 10.4. The van der Waals surface area contributed by atoms with E-state index >= 15 is 0 Å². The van der Waals surface area contributed by atoms with Crippen LogP contribution in [0.25, 0.3) is 0 Å². The average molecular weight is 322 g/mol. The minimum atomic E-state index is -0.797. The first-order chi connectivity index (χ1) is 11.2. The fraction of sp³-hybridized carbons (Fsp3) is 0.789. The molecule has 4 heteroatoms. The number of carboxylic acids is 1. The fourth-order valence-corrected chi connectivity index (χ4v) is 2.94. The Morgan fingerprint density at radius 3 is 2.09 bits per heavy atom. The van der Waals surface area contributed by atoms with E-state index in [0.717, 1.165) is 30.8 Å². The Morgan fingerprint density at radius 2 is 1.57 bits per heavy atom. The van der Waals surface area contributed by atoms with Crippen molar-refractivity contribution in [3.05, 3.63) is 17.7 Å². The number of imidazole rings is 1. The molecule has 0 fully saturated rings. The van der Waals surface area contributed by atoms with Gasteiger partial charge in [-0.2, -0.15) is 0 Å². The standard InChI is InChI=1S/C19H34N2O2/c1-3-5-6-7-8-9-10-11-12-13-14-18-20-17(4-2)15-21(18)16-19(22)23/h15H,3-14,16H2,1-2H3,(H,22,23). The maximum Gasteiger partial charge on any atom is 0.323 e. The molecule has 0 amide bonds. The molecule has 0 atom stereocenters. The van der Waals surface area contributed by atoms with E-state index in [2.05, 4.69) is 18.8 Å². The molecule has 23 heavy (non-hydrogen) atoms. The summed E-state index contributed by atoms with van der Waals surface area (Å²) < 4.78 is 1.80. The van der Waals surface area contributed by atoms with Gasteiger partial charge in [-0.05, 0) is 12.8 Å². The Labute approximate surface area is 141 Å². The third kappa shape index (κ3) is 8.77. The monoisotopic (exact) mass is 322 g/mol. The van der Waals surface area contributed by atoms with Crippen molar-refractivity contribution in [2.45, 2.75) is 97.4 Å². The normalized spacial score (nSPS) is 11.0. The van der Waals surface area contributed by atoms with E-state index in [9.17, 15) is 4.79 Å². The molecule has 4 nitrogen and oxygen atoms in total. The molecule has 0 radical (unpaired) electrons. The van der Waals surface area contributed by atoms with Crippen LogP contribution in [0, 0.1) is 0 Å². The topological polar surface area (TPSA) is 55.1 Å². The second-order valence-corrected chi connectivity index (χ2v) is 6.46. The number of carbonyl (C=O) groups is 1. The number of hydrogen-bond acceptors (Lipinski definition) is 2. The smallest absolute Gasteiger partial charge is 0.323 e. The van der Waals surface area contributed by atoms with Crippen LogP contribution in [0.15, 0.2) is 6.20 Å². The summed E-state index contributed by atoms with van der Waals surface area (Å²) in [6.45, 7) is 4.34. The summed E-state index contributed by atoms with van der Waals surface area (Å²) >= 11 is 0. The van der Waals surface area contributed by atoms with Gasteiger partial charge in [0.15, 0.2) is 0 Å². The molecule has 0 spiro atoms. The lowest BCUT2D eigenvalue weighted by molar-refractivity contribution is -0.137. The first-order valence-electron chi connectivity index (χ1n) is 9.44. The van der Waals surface area contributed by atoms with Crippen molar-refractivity contribution < 1.29 is 9.90 Å². The van der Waals surface area contributed by atoms with Crippen molar-refractivity contribution in [2.75, 3.05) is 0 Å². The molecule has 0 unspecified atom stereocenters. The molecule has 0 saturated carbocycles. The quantitative estimate of drug-likeness (QED) is 0.491. The van der Waals surface area contributed by atoms with Gasteiger partial charge in [-0.3, -0.25) is 4.79 Å². The lowest BCUT2D eigenvalue weighted by atomic mass is 10.1. The molecular weight excluding hydrogens is 288 g/mol. The molecule has 1 heterocycles. The Hall–Kier alpha value is -1.32. The highest BCUT2D eigenvalue weighted by atomic mass is 16.4. The number of rotatable bonds is 14. The second-order valence-electron chi connectivity index (χ2n) is 6.46. The SMILES string of the molecule is CCCCCCCCCCCCc1nc(CC)cn1CC(=O)O. The number of carboxylic acid groups (broad SMARTS) is 1. The first-order valence-corrected chi connectivity index (χ1v) is 9.44. The van der Waals surface area contributed by atoms with E-state index in [1.807, 2.05) is 6.20 Å². The highest BCUT2D eigenvalue weighted by Gasteiger charge is 2.09. The molecule has 0 aromatic carbocycles. The van der Waals surface area contributed by atoms with Crippen LogP contribution >= 0.6 is 0 Å². The third-order valence-corrected chi connectivity index (χ3v) is 4.33. The highest BCUT2D eigenvalue weighted by molar-refractivity contribution is 5.66. The van der Waals surface area contributed by atoms with Crippen molar-refractivity contribution in [1.82, 2.24) is 9.55 Å². The van der Waals surface area contributed by atoms with E-state index in [4.69, 9.17) is 5.11 Å². The molecule has 0 aliphatic rings. The van der Waals surface area contributed by atoms with Crippen LogP contribution < -0.4 is 0 Å². The Morgan fingerprint density at radius 1 is 1.00 bits per heavy atom. The summed E-state index contributed by atoms with van der Waals surface area (Å²) in [5, 5.41) is 8.97. The molecule has 1 N–H and O–H groups in total. The van der Waals surface area contributed by atoms with Gasteiger partial charge in [-0.25, -0.2) is 4.98 Å². The van der Waals surface area contributed by atoms with Gasteiger partial charge >= 0.3 is 5.97 Å².